The summed E-state index contributed by atoms with van der Waals surface area (Å²) in [5.41, 5.74) is 1.11. The zero-order valence-corrected chi connectivity index (χ0v) is 12.7. The lowest BCUT2D eigenvalue weighted by Gasteiger charge is -2.18. The van der Waals surface area contributed by atoms with E-state index in [0.29, 0.717) is 19.4 Å². The number of carbonyl (C=O) groups excluding carboxylic acids is 1. The predicted octanol–water partition coefficient (Wildman–Crippen LogP) is 2.18. The van der Waals surface area contributed by atoms with Crippen molar-refractivity contribution in [3.05, 3.63) is 30.1 Å². The number of rotatable bonds is 7. The highest BCUT2D eigenvalue weighted by molar-refractivity contribution is 5.75. The van der Waals surface area contributed by atoms with Crippen LogP contribution in [0.15, 0.2) is 24.4 Å². The number of nitrogens with one attached hydrogen (secondary N) is 1. The molecule has 1 heterocycles. The van der Waals surface area contributed by atoms with Gasteiger partial charge < -0.3 is 10.4 Å². The van der Waals surface area contributed by atoms with Crippen LogP contribution in [0, 0.1) is 11.3 Å². The molecule has 0 fully saturated rings. The molecule has 0 radical (unpaired) electrons. The van der Waals surface area contributed by atoms with Crippen molar-refractivity contribution in [2.45, 2.75) is 40.0 Å². The lowest BCUT2D eigenvalue weighted by Crippen LogP contribution is -2.32. The quantitative estimate of drug-likeness (QED) is 0.803. The summed E-state index contributed by atoms with van der Waals surface area (Å²) in [5.74, 6) is 0.0721. The Morgan fingerprint density at radius 1 is 1.40 bits per heavy atom. The molecule has 0 saturated carbocycles. The summed E-state index contributed by atoms with van der Waals surface area (Å²) >= 11 is 0. The summed E-state index contributed by atoms with van der Waals surface area (Å²) in [6, 6.07) is 5.73. The highest BCUT2D eigenvalue weighted by Gasteiger charge is 2.14. The van der Waals surface area contributed by atoms with E-state index in [2.05, 4.69) is 31.1 Å². The largest absolute Gasteiger partial charge is 0.396 e. The molecule has 0 aliphatic heterocycles. The first-order chi connectivity index (χ1) is 9.40. The molecule has 0 aliphatic carbocycles. The summed E-state index contributed by atoms with van der Waals surface area (Å²) < 4.78 is 0. The lowest BCUT2D eigenvalue weighted by atomic mass is 9.90. The first kappa shape index (κ1) is 16.6. The van der Waals surface area contributed by atoms with E-state index >= 15 is 0 Å². The molecule has 0 spiro atoms. The zero-order chi connectivity index (χ0) is 15.0. The molecule has 1 atom stereocenters. The Kier molecular flexibility index (Phi) is 6.65. The van der Waals surface area contributed by atoms with E-state index < -0.39 is 0 Å². The maximum absolute atomic E-state index is 11.8. The summed E-state index contributed by atoms with van der Waals surface area (Å²) in [6.45, 7) is 6.92. The van der Waals surface area contributed by atoms with Gasteiger partial charge in [0.2, 0.25) is 5.91 Å². The van der Waals surface area contributed by atoms with Crippen LogP contribution in [0.3, 0.4) is 0 Å². The minimum Gasteiger partial charge on any atom is -0.396 e. The van der Waals surface area contributed by atoms with Crippen LogP contribution in [0.4, 0.5) is 0 Å². The third kappa shape index (κ3) is 7.24. The SMILES string of the molecule is CC(C)(C)CCC(=O)NCC(CO)Cc1ccccn1. The molecule has 0 aliphatic rings. The molecule has 0 saturated heterocycles. The highest BCUT2D eigenvalue weighted by Crippen LogP contribution is 2.20. The third-order valence-corrected chi connectivity index (χ3v) is 3.17. The molecule has 2 N–H and O–H groups in total. The van der Waals surface area contributed by atoms with Crippen molar-refractivity contribution in [2.75, 3.05) is 13.2 Å². The monoisotopic (exact) mass is 278 g/mol. The number of nitrogens with zero attached hydrogens (tertiary/aromatic N) is 1. The summed E-state index contributed by atoms with van der Waals surface area (Å²) in [6.07, 6.45) is 3.82. The molecule has 0 aromatic carbocycles. The Labute approximate surface area is 121 Å². The van der Waals surface area contributed by atoms with Crippen LogP contribution in [0.1, 0.15) is 39.3 Å². The molecule has 20 heavy (non-hydrogen) atoms. The van der Waals surface area contributed by atoms with Gasteiger partial charge in [-0.05, 0) is 30.4 Å². The van der Waals surface area contributed by atoms with Gasteiger partial charge in [-0.15, -0.1) is 0 Å². The van der Waals surface area contributed by atoms with Crippen molar-refractivity contribution in [1.82, 2.24) is 10.3 Å². The highest BCUT2D eigenvalue weighted by atomic mass is 16.3. The standard InChI is InChI=1S/C16H26N2O2/c1-16(2,3)8-7-15(20)18-11-13(12-19)10-14-6-4-5-9-17-14/h4-6,9,13,19H,7-8,10-12H2,1-3H3,(H,18,20). The van der Waals surface area contributed by atoms with Crippen molar-refractivity contribution in [2.24, 2.45) is 11.3 Å². The summed E-state index contributed by atoms with van der Waals surface area (Å²) in [7, 11) is 0. The molecular formula is C16H26N2O2. The van der Waals surface area contributed by atoms with Gasteiger partial charge in [0, 0.05) is 37.4 Å². The van der Waals surface area contributed by atoms with E-state index in [1.807, 2.05) is 18.2 Å². The Hall–Kier alpha value is -1.42. The number of amides is 1. The molecule has 1 aromatic rings. The Balaban J connectivity index is 2.32. The number of aromatic nitrogens is 1. The van der Waals surface area contributed by atoms with Gasteiger partial charge in [0.05, 0.1) is 0 Å². The summed E-state index contributed by atoms with van der Waals surface area (Å²) in [4.78, 5) is 16.0. The van der Waals surface area contributed by atoms with E-state index in [1.165, 1.54) is 0 Å². The zero-order valence-electron chi connectivity index (χ0n) is 12.7. The number of hydrogen-bond acceptors (Lipinski definition) is 3. The predicted molar refractivity (Wildman–Crippen MR) is 80.2 cm³/mol. The van der Waals surface area contributed by atoms with Gasteiger partial charge >= 0.3 is 0 Å². The van der Waals surface area contributed by atoms with Gasteiger partial charge in [0.1, 0.15) is 0 Å². The van der Waals surface area contributed by atoms with Crippen LogP contribution in [-0.4, -0.2) is 29.1 Å². The number of pyridine rings is 1. The van der Waals surface area contributed by atoms with E-state index in [1.54, 1.807) is 6.20 Å². The lowest BCUT2D eigenvalue weighted by molar-refractivity contribution is -0.121. The number of carbonyl (C=O) groups is 1. The van der Waals surface area contributed by atoms with E-state index in [9.17, 15) is 9.90 Å². The molecule has 112 valence electrons. The normalized spacial score (nSPS) is 13.0. The number of aliphatic hydroxyl groups is 1. The molecule has 4 heteroatoms. The van der Waals surface area contributed by atoms with E-state index in [-0.39, 0.29) is 23.8 Å². The fourth-order valence-corrected chi connectivity index (χ4v) is 1.85. The molecule has 1 rings (SSSR count). The van der Waals surface area contributed by atoms with Crippen molar-refractivity contribution >= 4 is 5.91 Å². The Bertz CT molecular complexity index is 399. The fraction of sp³-hybridized carbons (Fsp3) is 0.625. The van der Waals surface area contributed by atoms with E-state index in [4.69, 9.17) is 0 Å². The Morgan fingerprint density at radius 3 is 2.70 bits per heavy atom. The van der Waals surface area contributed by atoms with Crippen LogP contribution < -0.4 is 5.32 Å². The van der Waals surface area contributed by atoms with Crippen LogP contribution in [0.5, 0.6) is 0 Å². The minimum atomic E-state index is 0.0171. The second-order valence-corrected chi connectivity index (χ2v) is 6.44. The van der Waals surface area contributed by atoms with Crippen LogP contribution in [0.25, 0.3) is 0 Å². The smallest absolute Gasteiger partial charge is 0.220 e. The molecule has 1 amide bonds. The average molecular weight is 278 g/mol. The number of hydrogen-bond donors (Lipinski definition) is 2. The summed E-state index contributed by atoms with van der Waals surface area (Å²) in [5, 5.41) is 12.3. The van der Waals surface area contributed by atoms with Crippen molar-refractivity contribution in [3.8, 4) is 0 Å². The van der Waals surface area contributed by atoms with Crippen molar-refractivity contribution < 1.29 is 9.90 Å². The maximum atomic E-state index is 11.8. The fourth-order valence-electron chi connectivity index (χ4n) is 1.85. The second kappa shape index (κ2) is 8.00. The Morgan fingerprint density at radius 2 is 2.15 bits per heavy atom. The van der Waals surface area contributed by atoms with Crippen LogP contribution in [0.2, 0.25) is 0 Å². The van der Waals surface area contributed by atoms with Gasteiger partial charge in [-0.25, -0.2) is 0 Å². The minimum absolute atomic E-state index is 0.0171. The molecule has 1 aromatic heterocycles. The van der Waals surface area contributed by atoms with Gasteiger partial charge in [0.25, 0.3) is 0 Å². The van der Waals surface area contributed by atoms with Gasteiger partial charge in [-0.3, -0.25) is 9.78 Å². The molecular weight excluding hydrogens is 252 g/mol. The molecule has 1 unspecified atom stereocenters. The third-order valence-electron chi connectivity index (χ3n) is 3.17. The first-order valence-electron chi connectivity index (χ1n) is 7.18. The van der Waals surface area contributed by atoms with E-state index in [0.717, 1.165) is 12.1 Å². The second-order valence-electron chi connectivity index (χ2n) is 6.44. The van der Waals surface area contributed by atoms with Crippen LogP contribution >= 0.6 is 0 Å². The maximum Gasteiger partial charge on any atom is 0.220 e. The van der Waals surface area contributed by atoms with Gasteiger partial charge in [0.15, 0.2) is 0 Å². The van der Waals surface area contributed by atoms with Crippen molar-refractivity contribution in [3.63, 3.8) is 0 Å². The van der Waals surface area contributed by atoms with Gasteiger partial charge in [-0.1, -0.05) is 26.8 Å². The molecule has 0 bridgehead atoms. The topological polar surface area (TPSA) is 62.2 Å². The first-order valence-corrected chi connectivity index (χ1v) is 7.18. The van der Waals surface area contributed by atoms with Crippen LogP contribution in [-0.2, 0) is 11.2 Å². The molecule has 4 nitrogen and oxygen atoms in total. The number of aliphatic hydroxyl groups excluding tert-OH is 1. The van der Waals surface area contributed by atoms with Crippen molar-refractivity contribution in [1.29, 1.82) is 0 Å². The van der Waals surface area contributed by atoms with Gasteiger partial charge in [-0.2, -0.15) is 0 Å². The average Bonchev–Trinajstić information content (AvgIpc) is 2.41.